The van der Waals surface area contributed by atoms with E-state index in [4.69, 9.17) is 11.6 Å². The van der Waals surface area contributed by atoms with E-state index >= 15 is 0 Å². The van der Waals surface area contributed by atoms with Crippen molar-refractivity contribution in [2.45, 2.75) is 44.6 Å². The minimum absolute atomic E-state index is 0.0684. The van der Waals surface area contributed by atoms with Crippen LogP contribution in [-0.2, 0) is 13.5 Å². The fourth-order valence-corrected chi connectivity index (χ4v) is 4.64. The van der Waals surface area contributed by atoms with Gasteiger partial charge in [-0.2, -0.15) is 5.10 Å². The number of rotatable bonds is 3. The van der Waals surface area contributed by atoms with Crippen molar-refractivity contribution in [3.63, 3.8) is 0 Å². The summed E-state index contributed by atoms with van der Waals surface area (Å²) in [6, 6.07) is 1.45. The zero-order chi connectivity index (χ0) is 23.9. The number of hydrogen-bond donors (Lipinski definition) is 1. The molecule has 0 saturated heterocycles. The Morgan fingerprint density at radius 2 is 1.82 bits per heavy atom. The van der Waals surface area contributed by atoms with E-state index in [0.29, 0.717) is 24.1 Å². The molecule has 174 valence electrons. The largest absolute Gasteiger partial charge is 0.349 e. The van der Waals surface area contributed by atoms with Crippen LogP contribution in [0.1, 0.15) is 53.7 Å². The van der Waals surface area contributed by atoms with E-state index in [2.05, 4.69) is 15.4 Å². The molecule has 10 heteroatoms. The molecule has 4 rings (SSSR count). The Bertz CT molecular complexity index is 1190. The Balaban J connectivity index is 1.73. The van der Waals surface area contributed by atoms with Crippen molar-refractivity contribution in [2.24, 2.45) is 7.05 Å². The molecule has 2 atom stereocenters. The van der Waals surface area contributed by atoms with Crippen LogP contribution in [0.2, 0.25) is 5.02 Å². The third kappa shape index (κ3) is 4.46. The van der Waals surface area contributed by atoms with Gasteiger partial charge in [0.05, 0.1) is 28.2 Å². The standard InChI is InChI=1S/C23H21ClF4N4O/c1-11-4-3-5-13(30-23(33)19-15(24)9-29-10-18(19)27)8-14-21(11)31-32(2)22(14)12-6-16(25)20(28)17(26)7-12/h6-7,9-11,13H,3-5,8H2,1-2H3,(H,30,33)/t11?,13-/m1/s1. The molecule has 0 fully saturated rings. The number of halogens is 5. The molecule has 2 heterocycles. The van der Waals surface area contributed by atoms with Gasteiger partial charge < -0.3 is 5.32 Å². The maximum absolute atomic E-state index is 14.2. The fraction of sp³-hybridized carbons (Fsp3) is 0.348. The second-order valence-corrected chi connectivity index (χ2v) is 8.68. The molecule has 0 bridgehead atoms. The Labute approximate surface area is 192 Å². The van der Waals surface area contributed by atoms with Crippen LogP contribution in [0.15, 0.2) is 24.5 Å². The normalized spacial score (nSPS) is 18.4. The molecule has 1 N–H and O–H groups in total. The average Bonchev–Trinajstić information content (AvgIpc) is 3.05. The van der Waals surface area contributed by atoms with Gasteiger partial charge in [0.2, 0.25) is 0 Å². The van der Waals surface area contributed by atoms with Crippen LogP contribution in [0.4, 0.5) is 17.6 Å². The maximum atomic E-state index is 14.2. The van der Waals surface area contributed by atoms with Gasteiger partial charge in [0.25, 0.3) is 5.91 Å². The SMILES string of the molecule is CC1CCC[C@@H](NC(=O)c2c(F)cncc2Cl)Cc2c1nn(C)c2-c1cc(F)c(F)c(F)c1. The van der Waals surface area contributed by atoms with Crippen LogP contribution in [0.3, 0.4) is 0 Å². The van der Waals surface area contributed by atoms with Gasteiger partial charge in [-0.1, -0.05) is 24.9 Å². The molecule has 5 nitrogen and oxygen atoms in total. The molecule has 1 aliphatic rings. The van der Waals surface area contributed by atoms with Crippen LogP contribution in [-0.4, -0.2) is 26.7 Å². The van der Waals surface area contributed by atoms with Crippen LogP contribution >= 0.6 is 11.6 Å². The third-order valence-corrected chi connectivity index (χ3v) is 6.24. The van der Waals surface area contributed by atoms with Gasteiger partial charge in [-0.25, -0.2) is 17.6 Å². The molecule has 2 aromatic heterocycles. The van der Waals surface area contributed by atoms with Gasteiger partial charge in [0.15, 0.2) is 23.3 Å². The smallest absolute Gasteiger partial charge is 0.256 e. The summed E-state index contributed by atoms with van der Waals surface area (Å²) in [4.78, 5) is 16.4. The van der Waals surface area contributed by atoms with Gasteiger partial charge in [-0.3, -0.25) is 14.5 Å². The predicted octanol–water partition coefficient (Wildman–Crippen LogP) is 5.32. The summed E-state index contributed by atoms with van der Waals surface area (Å²) in [5.74, 6) is -5.58. The summed E-state index contributed by atoms with van der Waals surface area (Å²) < 4.78 is 57.2. The van der Waals surface area contributed by atoms with Gasteiger partial charge in [-0.05, 0) is 31.4 Å². The molecular weight excluding hydrogens is 460 g/mol. The number of fused-ring (bicyclic) bond motifs is 1. The topological polar surface area (TPSA) is 59.8 Å². The lowest BCUT2D eigenvalue weighted by atomic mass is 9.86. The second-order valence-electron chi connectivity index (χ2n) is 8.27. The number of amides is 1. The second kappa shape index (κ2) is 9.13. The van der Waals surface area contributed by atoms with E-state index in [0.717, 1.165) is 36.9 Å². The highest BCUT2D eigenvalue weighted by molar-refractivity contribution is 6.33. The Kier molecular flexibility index (Phi) is 6.43. The molecule has 1 unspecified atom stereocenters. The minimum atomic E-state index is -1.54. The number of nitrogens with one attached hydrogen (secondary N) is 1. The molecule has 0 radical (unpaired) electrons. The lowest BCUT2D eigenvalue weighted by molar-refractivity contribution is 0.0929. The number of benzene rings is 1. The Morgan fingerprint density at radius 1 is 1.12 bits per heavy atom. The number of nitrogens with zero attached hydrogens (tertiary/aromatic N) is 3. The van der Waals surface area contributed by atoms with Gasteiger partial charge in [-0.15, -0.1) is 0 Å². The highest BCUT2D eigenvalue weighted by atomic mass is 35.5. The quantitative estimate of drug-likeness (QED) is 0.407. The van der Waals surface area contributed by atoms with E-state index < -0.39 is 35.2 Å². The summed E-state index contributed by atoms with van der Waals surface area (Å²) in [6.07, 6.45) is 4.54. The van der Waals surface area contributed by atoms with Crippen molar-refractivity contribution in [1.29, 1.82) is 0 Å². The van der Waals surface area contributed by atoms with E-state index in [1.165, 1.54) is 10.9 Å². The van der Waals surface area contributed by atoms with Crippen molar-refractivity contribution < 1.29 is 22.4 Å². The summed E-state index contributed by atoms with van der Waals surface area (Å²) in [5.41, 5.74) is 1.72. The lowest BCUT2D eigenvalue weighted by Gasteiger charge is -2.24. The summed E-state index contributed by atoms with van der Waals surface area (Å²) >= 11 is 5.97. The first-order valence-corrected chi connectivity index (χ1v) is 10.9. The van der Waals surface area contributed by atoms with Gasteiger partial charge in [0.1, 0.15) is 0 Å². The average molecular weight is 481 g/mol. The van der Waals surface area contributed by atoms with Crippen LogP contribution in [0.25, 0.3) is 11.3 Å². The Morgan fingerprint density at radius 3 is 2.48 bits per heavy atom. The first-order chi connectivity index (χ1) is 15.7. The van der Waals surface area contributed by atoms with Crippen molar-refractivity contribution in [2.75, 3.05) is 0 Å². The van der Waals surface area contributed by atoms with E-state index in [1.54, 1.807) is 7.05 Å². The molecule has 1 aliphatic carbocycles. The van der Waals surface area contributed by atoms with Crippen molar-refractivity contribution in [3.05, 3.63) is 69.6 Å². The number of aromatic nitrogens is 3. The highest BCUT2D eigenvalue weighted by Gasteiger charge is 2.29. The van der Waals surface area contributed by atoms with Gasteiger partial charge >= 0.3 is 0 Å². The zero-order valence-electron chi connectivity index (χ0n) is 17.9. The summed E-state index contributed by atoms with van der Waals surface area (Å²) in [6.45, 7) is 2.01. The first kappa shape index (κ1) is 23.2. The molecule has 3 aromatic rings. The number of pyridine rings is 1. The summed E-state index contributed by atoms with van der Waals surface area (Å²) in [7, 11) is 1.64. The van der Waals surface area contributed by atoms with E-state index in [-0.39, 0.29) is 22.1 Å². The lowest BCUT2D eigenvalue weighted by Crippen LogP contribution is -2.38. The fourth-order valence-electron chi connectivity index (χ4n) is 4.40. The number of carbonyl (C=O) groups is 1. The highest BCUT2D eigenvalue weighted by Crippen LogP contribution is 2.36. The predicted molar refractivity (Wildman–Crippen MR) is 115 cm³/mol. The van der Waals surface area contributed by atoms with Crippen LogP contribution < -0.4 is 5.32 Å². The van der Waals surface area contributed by atoms with E-state index in [9.17, 15) is 22.4 Å². The molecule has 33 heavy (non-hydrogen) atoms. The van der Waals surface area contributed by atoms with Crippen LogP contribution in [0, 0.1) is 23.3 Å². The van der Waals surface area contributed by atoms with Gasteiger partial charge in [0, 0.05) is 36.3 Å². The zero-order valence-corrected chi connectivity index (χ0v) is 18.7. The number of carbonyl (C=O) groups excluding carboxylic acids is 1. The molecular formula is C23H21ClF4N4O. The number of aryl methyl sites for hydroxylation is 1. The third-order valence-electron chi connectivity index (χ3n) is 5.96. The minimum Gasteiger partial charge on any atom is -0.349 e. The Hall–Kier alpha value is -2.94. The maximum Gasteiger partial charge on any atom is 0.256 e. The summed E-state index contributed by atoms with van der Waals surface area (Å²) in [5, 5.41) is 7.29. The van der Waals surface area contributed by atoms with Crippen molar-refractivity contribution >= 4 is 17.5 Å². The van der Waals surface area contributed by atoms with Crippen molar-refractivity contribution in [1.82, 2.24) is 20.1 Å². The van der Waals surface area contributed by atoms with Crippen LogP contribution in [0.5, 0.6) is 0 Å². The molecule has 1 amide bonds. The molecule has 1 aromatic carbocycles. The molecule has 0 saturated carbocycles. The first-order valence-electron chi connectivity index (χ1n) is 10.5. The molecule has 0 aliphatic heterocycles. The monoisotopic (exact) mass is 480 g/mol. The number of hydrogen-bond acceptors (Lipinski definition) is 3. The van der Waals surface area contributed by atoms with E-state index in [1.807, 2.05) is 6.92 Å². The van der Waals surface area contributed by atoms with Crippen molar-refractivity contribution in [3.8, 4) is 11.3 Å². The molecule has 0 spiro atoms.